The first-order valence-electron chi connectivity index (χ1n) is 8.55. The van der Waals surface area contributed by atoms with Crippen molar-refractivity contribution in [1.82, 2.24) is 4.90 Å². The predicted molar refractivity (Wildman–Crippen MR) is 103 cm³/mol. The third kappa shape index (κ3) is 4.09. The van der Waals surface area contributed by atoms with Crippen LogP contribution in [0.15, 0.2) is 42.5 Å². The Hall–Kier alpha value is -2.59. The molecule has 0 saturated heterocycles. The number of benzene rings is 2. The largest absolute Gasteiger partial charge is 0.494 e. The Morgan fingerprint density at radius 2 is 1.88 bits per heavy atom. The molecule has 0 bridgehead atoms. The Morgan fingerprint density at radius 1 is 1.12 bits per heavy atom. The van der Waals surface area contributed by atoms with Gasteiger partial charge in [0, 0.05) is 23.4 Å². The number of amides is 1. The first-order valence-corrected chi connectivity index (χ1v) is 8.55. The number of anilines is 1. The third-order valence-electron chi connectivity index (χ3n) is 4.24. The fraction of sp³-hybridized carbons (Fsp3) is 0.286. The van der Waals surface area contributed by atoms with Gasteiger partial charge >= 0.3 is 0 Å². The molecular weight excluding hydrogens is 312 g/mol. The number of ether oxygens (including phenoxy) is 1. The van der Waals surface area contributed by atoms with Crippen molar-refractivity contribution in [2.24, 2.45) is 0 Å². The molecule has 130 valence electrons. The highest BCUT2D eigenvalue weighted by Gasteiger charge is 2.25. The zero-order valence-corrected chi connectivity index (χ0v) is 15.0. The smallest absolute Gasteiger partial charge is 0.256 e. The van der Waals surface area contributed by atoms with Crippen LogP contribution in [0.4, 0.5) is 5.69 Å². The molecule has 0 atom stereocenters. The van der Waals surface area contributed by atoms with Gasteiger partial charge in [-0.1, -0.05) is 24.3 Å². The lowest BCUT2D eigenvalue weighted by Crippen LogP contribution is -2.15. The molecule has 1 amide bonds. The second-order valence-electron chi connectivity index (χ2n) is 6.58. The molecule has 25 heavy (non-hydrogen) atoms. The minimum absolute atomic E-state index is 0.0479. The van der Waals surface area contributed by atoms with Crippen LogP contribution in [0.1, 0.15) is 23.1 Å². The minimum Gasteiger partial charge on any atom is -0.494 e. The molecule has 4 heteroatoms. The zero-order valence-electron chi connectivity index (χ0n) is 15.0. The van der Waals surface area contributed by atoms with E-state index in [1.807, 2.05) is 55.5 Å². The van der Waals surface area contributed by atoms with Crippen LogP contribution >= 0.6 is 0 Å². The molecule has 0 radical (unpaired) electrons. The van der Waals surface area contributed by atoms with Crippen LogP contribution in [0.5, 0.6) is 5.75 Å². The van der Waals surface area contributed by atoms with Gasteiger partial charge in [-0.25, -0.2) is 0 Å². The normalized spacial score (nSPS) is 14.7. The molecule has 0 saturated carbocycles. The molecule has 3 rings (SSSR count). The summed E-state index contributed by atoms with van der Waals surface area (Å²) in [5.41, 5.74) is 4.69. The van der Waals surface area contributed by atoms with Crippen LogP contribution in [0.3, 0.4) is 0 Å². The second kappa shape index (κ2) is 7.53. The standard InChI is InChI=1S/C21H24N2O2/c1-15-6-4-7-19-20(15)18(21(24)22-19)14-16-8-10-17(11-9-16)25-13-5-12-23(2)3/h4,6-11,14H,5,12-13H2,1-3H3,(H,22,24)/b18-14-. The molecule has 2 aromatic carbocycles. The fourth-order valence-corrected chi connectivity index (χ4v) is 2.97. The van der Waals surface area contributed by atoms with E-state index in [2.05, 4.69) is 24.3 Å². The van der Waals surface area contributed by atoms with Gasteiger partial charge in [0.15, 0.2) is 0 Å². The summed E-state index contributed by atoms with van der Waals surface area (Å²) in [5, 5.41) is 2.93. The molecule has 1 aliphatic heterocycles. The van der Waals surface area contributed by atoms with E-state index in [1.165, 1.54) is 0 Å². The number of carbonyl (C=O) groups is 1. The summed E-state index contributed by atoms with van der Waals surface area (Å²) in [5.74, 6) is 0.807. The lowest BCUT2D eigenvalue weighted by atomic mass is 9.99. The summed E-state index contributed by atoms with van der Waals surface area (Å²) >= 11 is 0. The van der Waals surface area contributed by atoms with Gasteiger partial charge in [0.1, 0.15) is 5.75 Å². The molecule has 0 unspecified atom stereocenters. The number of rotatable bonds is 6. The Kier molecular flexibility index (Phi) is 5.19. The van der Waals surface area contributed by atoms with E-state index in [0.717, 1.165) is 41.1 Å². The number of fused-ring (bicyclic) bond motifs is 1. The molecule has 0 fully saturated rings. The molecule has 1 N–H and O–H groups in total. The van der Waals surface area contributed by atoms with Crippen molar-refractivity contribution < 1.29 is 9.53 Å². The van der Waals surface area contributed by atoms with E-state index in [1.54, 1.807) is 0 Å². The van der Waals surface area contributed by atoms with Crippen molar-refractivity contribution >= 4 is 23.2 Å². The maximum Gasteiger partial charge on any atom is 0.256 e. The average molecular weight is 336 g/mol. The van der Waals surface area contributed by atoms with Crippen molar-refractivity contribution in [1.29, 1.82) is 0 Å². The monoisotopic (exact) mass is 336 g/mol. The number of nitrogens with one attached hydrogen (secondary N) is 1. The van der Waals surface area contributed by atoms with Crippen molar-refractivity contribution in [3.63, 3.8) is 0 Å². The topological polar surface area (TPSA) is 41.6 Å². The molecule has 4 nitrogen and oxygen atoms in total. The Bertz CT molecular complexity index is 792. The van der Waals surface area contributed by atoms with Crippen LogP contribution < -0.4 is 10.1 Å². The lowest BCUT2D eigenvalue weighted by molar-refractivity contribution is -0.110. The van der Waals surface area contributed by atoms with E-state index < -0.39 is 0 Å². The van der Waals surface area contributed by atoms with Crippen LogP contribution in [0.2, 0.25) is 0 Å². The minimum atomic E-state index is -0.0479. The molecule has 0 spiro atoms. The number of carbonyl (C=O) groups excluding carboxylic acids is 1. The molecule has 2 aromatic rings. The fourth-order valence-electron chi connectivity index (χ4n) is 2.97. The summed E-state index contributed by atoms with van der Waals surface area (Å²) in [6.45, 7) is 3.74. The zero-order chi connectivity index (χ0) is 17.8. The summed E-state index contributed by atoms with van der Waals surface area (Å²) in [6, 6.07) is 13.8. The van der Waals surface area contributed by atoms with Crippen molar-refractivity contribution in [2.75, 3.05) is 32.6 Å². The second-order valence-corrected chi connectivity index (χ2v) is 6.58. The van der Waals surface area contributed by atoms with E-state index in [0.29, 0.717) is 12.2 Å². The van der Waals surface area contributed by atoms with Crippen molar-refractivity contribution in [3.8, 4) is 5.75 Å². The Balaban J connectivity index is 1.72. The number of hydrogen-bond donors (Lipinski definition) is 1. The van der Waals surface area contributed by atoms with Gasteiger partial charge in [-0.2, -0.15) is 0 Å². The lowest BCUT2D eigenvalue weighted by Gasteiger charge is -2.10. The van der Waals surface area contributed by atoms with Crippen molar-refractivity contribution in [3.05, 3.63) is 59.2 Å². The number of hydrogen-bond acceptors (Lipinski definition) is 3. The summed E-state index contributed by atoms with van der Waals surface area (Å²) < 4.78 is 5.75. The third-order valence-corrected chi connectivity index (χ3v) is 4.24. The van der Waals surface area contributed by atoms with Crippen LogP contribution in [-0.2, 0) is 4.79 Å². The van der Waals surface area contributed by atoms with Crippen LogP contribution in [0.25, 0.3) is 11.6 Å². The average Bonchev–Trinajstić information content (AvgIpc) is 2.90. The first kappa shape index (κ1) is 17.2. The molecule has 0 aromatic heterocycles. The SMILES string of the molecule is Cc1cccc2c1/C(=C/c1ccc(OCCCN(C)C)cc1)C(=O)N2. The predicted octanol–water partition coefficient (Wildman–Crippen LogP) is 3.82. The first-order chi connectivity index (χ1) is 12.0. The summed E-state index contributed by atoms with van der Waals surface area (Å²) in [6.07, 6.45) is 2.93. The van der Waals surface area contributed by atoms with Gasteiger partial charge < -0.3 is 15.0 Å². The molecule has 1 aliphatic rings. The molecular formula is C21H24N2O2. The van der Waals surface area contributed by atoms with E-state index in [-0.39, 0.29) is 5.91 Å². The number of nitrogens with zero attached hydrogens (tertiary/aromatic N) is 1. The highest BCUT2D eigenvalue weighted by molar-refractivity contribution is 6.35. The Morgan fingerprint density at radius 3 is 2.60 bits per heavy atom. The van der Waals surface area contributed by atoms with Gasteiger partial charge in [0.05, 0.1) is 6.61 Å². The highest BCUT2D eigenvalue weighted by Crippen LogP contribution is 2.35. The van der Waals surface area contributed by atoms with E-state index in [9.17, 15) is 4.79 Å². The number of aryl methyl sites for hydroxylation is 1. The highest BCUT2D eigenvalue weighted by atomic mass is 16.5. The maximum absolute atomic E-state index is 12.3. The quantitative estimate of drug-likeness (QED) is 0.644. The van der Waals surface area contributed by atoms with Crippen molar-refractivity contribution in [2.45, 2.75) is 13.3 Å². The van der Waals surface area contributed by atoms with Crippen LogP contribution in [-0.4, -0.2) is 38.1 Å². The van der Waals surface area contributed by atoms with E-state index >= 15 is 0 Å². The summed E-state index contributed by atoms with van der Waals surface area (Å²) in [4.78, 5) is 14.4. The van der Waals surface area contributed by atoms with Gasteiger partial charge in [-0.15, -0.1) is 0 Å². The van der Waals surface area contributed by atoms with Gasteiger partial charge in [0.2, 0.25) is 0 Å². The molecule has 1 heterocycles. The van der Waals surface area contributed by atoms with Gasteiger partial charge in [-0.05, 0) is 62.8 Å². The summed E-state index contributed by atoms with van der Waals surface area (Å²) in [7, 11) is 4.11. The van der Waals surface area contributed by atoms with Gasteiger partial charge in [0.25, 0.3) is 5.91 Å². The maximum atomic E-state index is 12.3. The Labute approximate surface area is 149 Å². The van der Waals surface area contributed by atoms with Gasteiger partial charge in [-0.3, -0.25) is 4.79 Å². The van der Waals surface area contributed by atoms with Crippen LogP contribution in [0, 0.1) is 6.92 Å². The molecule has 0 aliphatic carbocycles. The van der Waals surface area contributed by atoms with E-state index in [4.69, 9.17) is 4.74 Å².